The van der Waals surface area contributed by atoms with Crippen molar-refractivity contribution in [1.29, 1.82) is 0 Å². The number of aromatic nitrogens is 2. The highest BCUT2D eigenvalue weighted by atomic mass is 32.2. The number of carbonyl (C=O) groups is 1. The van der Waals surface area contributed by atoms with Gasteiger partial charge < -0.3 is 5.32 Å². The number of rotatable bonds is 11. The van der Waals surface area contributed by atoms with Crippen molar-refractivity contribution in [3.05, 3.63) is 74.9 Å². The van der Waals surface area contributed by atoms with Gasteiger partial charge >= 0.3 is 5.69 Å². The summed E-state index contributed by atoms with van der Waals surface area (Å²) < 4.78 is 31.5. The molecule has 2 aromatic carbocycles. The Balaban J connectivity index is 1.94. The first kappa shape index (κ1) is 27.3. The van der Waals surface area contributed by atoms with Crippen LogP contribution in [0.2, 0.25) is 0 Å². The number of sulfonamides is 1. The number of fused-ring (bicyclic) bond motifs is 1. The molecule has 0 saturated heterocycles. The van der Waals surface area contributed by atoms with Gasteiger partial charge in [0.2, 0.25) is 15.9 Å². The molecule has 3 rings (SSSR count). The molecule has 1 aromatic heterocycles. The number of unbranched alkanes of at least 4 members (excludes halogenated alkanes) is 1. The Bertz CT molecular complexity index is 1440. The van der Waals surface area contributed by atoms with E-state index in [1.165, 1.54) is 36.9 Å². The molecule has 36 heavy (non-hydrogen) atoms. The predicted molar refractivity (Wildman–Crippen MR) is 140 cm³/mol. The van der Waals surface area contributed by atoms with Crippen LogP contribution in [0.4, 0.5) is 0 Å². The summed E-state index contributed by atoms with van der Waals surface area (Å²) in [7, 11) is -1.35. The first-order valence-electron chi connectivity index (χ1n) is 12.2. The van der Waals surface area contributed by atoms with Crippen LogP contribution >= 0.6 is 0 Å². The summed E-state index contributed by atoms with van der Waals surface area (Å²) in [6, 6.07) is 11.5. The van der Waals surface area contributed by atoms with E-state index in [2.05, 4.69) is 23.9 Å². The number of nitrogens with zero attached hydrogens (tertiary/aromatic N) is 2. The molecule has 1 amide bonds. The van der Waals surface area contributed by atoms with E-state index in [1.54, 1.807) is 30.3 Å². The van der Waals surface area contributed by atoms with Crippen molar-refractivity contribution in [2.24, 2.45) is 20.0 Å². The van der Waals surface area contributed by atoms with Gasteiger partial charge in [0.1, 0.15) is 6.04 Å². The summed E-state index contributed by atoms with van der Waals surface area (Å²) in [5, 5.41) is 3.01. The smallest absolute Gasteiger partial charge is 0.330 e. The Morgan fingerprint density at radius 3 is 2.33 bits per heavy atom. The van der Waals surface area contributed by atoms with Crippen molar-refractivity contribution in [2.75, 3.05) is 6.54 Å². The van der Waals surface area contributed by atoms with Crippen molar-refractivity contribution in [3.63, 3.8) is 0 Å². The Kier molecular flexibility index (Phi) is 8.86. The third-order valence-corrected chi connectivity index (χ3v) is 7.95. The lowest BCUT2D eigenvalue weighted by Crippen LogP contribution is -2.42. The van der Waals surface area contributed by atoms with Gasteiger partial charge in [-0.15, -0.1) is 0 Å². The maximum absolute atomic E-state index is 13.4. The fourth-order valence-corrected chi connectivity index (χ4v) is 5.38. The molecule has 0 unspecified atom stereocenters. The van der Waals surface area contributed by atoms with Crippen LogP contribution in [0, 0.1) is 5.92 Å². The Labute approximate surface area is 211 Å². The number of hydrogen-bond acceptors (Lipinski definition) is 5. The summed E-state index contributed by atoms with van der Waals surface area (Å²) in [6.07, 6.45) is 4.04. The zero-order valence-corrected chi connectivity index (χ0v) is 22.0. The molecule has 194 valence electrons. The lowest BCUT2D eigenvalue weighted by Gasteiger charge is -2.21. The molecule has 1 heterocycles. The topological polar surface area (TPSA) is 119 Å². The zero-order chi connectivity index (χ0) is 26.5. The monoisotopic (exact) mass is 514 g/mol. The van der Waals surface area contributed by atoms with Crippen molar-refractivity contribution in [3.8, 4) is 0 Å². The number of amides is 1. The van der Waals surface area contributed by atoms with Crippen LogP contribution in [0.25, 0.3) is 10.9 Å². The molecule has 0 aliphatic carbocycles. The minimum absolute atomic E-state index is 0.0879. The number of carbonyl (C=O) groups excluding carboxylic acids is 1. The molecule has 0 radical (unpaired) electrons. The highest BCUT2D eigenvalue weighted by Gasteiger charge is 2.28. The van der Waals surface area contributed by atoms with Gasteiger partial charge in [0.15, 0.2) is 0 Å². The first-order valence-corrected chi connectivity index (χ1v) is 13.6. The van der Waals surface area contributed by atoms with Gasteiger partial charge in [-0.1, -0.05) is 63.4 Å². The van der Waals surface area contributed by atoms with Crippen LogP contribution in [-0.4, -0.2) is 30.0 Å². The lowest BCUT2D eigenvalue weighted by molar-refractivity contribution is -0.123. The summed E-state index contributed by atoms with van der Waals surface area (Å²) >= 11 is 0. The van der Waals surface area contributed by atoms with Gasteiger partial charge in [0, 0.05) is 20.6 Å². The fourth-order valence-electron chi connectivity index (χ4n) is 4.17. The molecule has 9 nitrogen and oxygen atoms in total. The van der Waals surface area contributed by atoms with Crippen LogP contribution in [0.1, 0.15) is 51.1 Å². The van der Waals surface area contributed by atoms with Gasteiger partial charge in [-0.05, 0) is 36.1 Å². The van der Waals surface area contributed by atoms with E-state index in [0.717, 1.165) is 30.3 Å². The Hall–Kier alpha value is -3.24. The molecule has 0 spiro atoms. The third-order valence-electron chi connectivity index (χ3n) is 6.52. The Morgan fingerprint density at radius 1 is 1.00 bits per heavy atom. The predicted octanol–water partition coefficient (Wildman–Crippen LogP) is 2.59. The minimum atomic E-state index is -4.20. The molecule has 2 N–H and O–H groups in total. The molecule has 0 aliphatic rings. The van der Waals surface area contributed by atoms with E-state index in [4.69, 9.17) is 0 Å². The quantitative estimate of drug-likeness (QED) is 0.408. The standard InChI is InChI=1S/C26H34N4O5S/c1-5-7-11-18(6-2)17-27-24(31)23(19-12-9-8-10-13-19)28-36(34,35)20-14-15-22-21(16-20)25(32)30(4)26(33)29(22)3/h8-10,12-16,18,23,28H,5-7,11,17H2,1-4H3,(H,27,31)/t18-,23+/m0/s1. The molecule has 10 heteroatoms. The SMILES string of the molecule is CCCC[C@H](CC)CNC(=O)[C@H](NS(=O)(=O)c1ccc2c(c1)c(=O)n(C)c(=O)n2C)c1ccccc1. The van der Waals surface area contributed by atoms with Gasteiger partial charge in [-0.25, -0.2) is 13.2 Å². The number of nitrogens with one attached hydrogen (secondary N) is 2. The molecular formula is C26H34N4O5S. The van der Waals surface area contributed by atoms with E-state index in [9.17, 15) is 22.8 Å². The van der Waals surface area contributed by atoms with Crippen LogP contribution < -0.4 is 21.3 Å². The second kappa shape index (κ2) is 11.7. The molecule has 0 bridgehead atoms. The lowest BCUT2D eigenvalue weighted by atomic mass is 9.99. The second-order valence-electron chi connectivity index (χ2n) is 9.01. The van der Waals surface area contributed by atoms with E-state index in [-0.39, 0.29) is 10.3 Å². The summed E-state index contributed by atoms with van der Waals surface area (Å²) in [5.74, 6) is -0.135. The van der Waals surface area contributed by atoms with E-state index < -0.39 is 33.2 Å². The molecule has 0 fully saturated rings. The highest BCUT2D eigenvalue weighted by Crippen LogP contribution is 2.21. The van der Waals surface area contributed by atoms with Crippen LogP contribution in [0.3, 0.4) is 0 Å². The molecule has 0 aliphatic heterocycles. The van der Waals surface area contributed by atoms with Crippen molar-refractivity contribution in [2.45, 2.75) is 50.5 Å². The number of hydrogen-bond donors (Lipinski definition) is 2. The number of benzene rings is 2. The minimum Gasteiger partial charge on any atom is -0.354 e. The van der Waals surface area contributed by atoms with Crippen molar-refractivity contribution in [1.82, 2.24) is 19.2 Å². The first-order chi connectivity index (χ1) is 17.1. The van der Waals surface area contributed by atoms with Crippen molar-refractivity contribution >= 4 is 26.8 Å². The molecule has 0 saturated carbocycles. The molecular weight excluding hydrogens is 480 g/mol. The summed E-state index contributed by atoms with van der Waals surface area (Å²) in [4.78, 5) is 37.9. The molecule has 2 atom stereocenters. The van der Waals surface area contributed by atoms with Crippen LogP contribution in [-0.2, 0) is 28.9 Å². The third kappa shape index (κ3) is 5.93. The van der Waals surface area contributed by atoms with Gasteiger partial charge in [0.25, 0.3) is 5.56 Å². The van der Waals surface area contributed by atoms with E-state index >= 15 is 0 Å². The highest BCUT2D eigenvalue weighted by molar-refractivity contribution is 7.89. The van der Waals surface area contributed by atoms with Gasteiger partial charge in [-0.2, -0.15) is 4.72 Å². The Morgan fingerprint density at radius 2 is 1.69 bits per heavy atom. The normalized spacial score (nSPS) is 13.4. The second-order valence-corrected chi connectivity index (χ2v) is 10.7. The summed E-state index contributed by atoms with van der Waals surface area (Å²) in [5.41, 5.74) is -0.289. The largest absolute Gasteiger partial charge is 0.354 e. The average Bonchev–Trinajstić information content (AvgIpc) is 2.89. The van der Waals surface area contributed by atoms with E-state index in [1.807, 2.05) is 0 Å². The number of aryl methyl sites for hydroxylation is 1. The van der Waals surface area contributed by atoms with Crippen molar-refractivity contribution < 1.29 is 13.2 Å². The maximum atomic E-state index is 13.4. The van der Waals surface area contributed by atoms with E-state index in [0.29, 0.717) is 23.5 Å². The molecule has 3 aromatic rings. The maximum Gasteiger partial charge on any atom is 0.330 e. The van der Waals surface area contributed by atoms with Crippen LogP contribution in [0.5, 0.6) is 0 Å². The van der Waals surface area contributed by atoms with Gasteiger partial charge in [-0.3, -0.25) is 18.7 Å². The fraction of sp³-hybridized carbons (Fsp3) is 0.423. The van der Waals surface area contributed by atoms with Gasteiger partial charge in [0.05, 0.1) is 15.8 Å². The van der Waals surface area contributed by atoms with Crippen LogP contribution in [0.15, 0.2) is 63.0 Å². The average molecular weight is 515 g/mol. The summed E-state index contributed by atoms with van der Waals surface area (Å²) in [6.45, 7) is 4.65. The zero-order valence-electron chi connectivity index (χ0n) is 21.2.